The van der Waals surface area contributed by atoms with Gasteiger partial charge in [0.1, 0.15) is 0 Å². The monoisotopic (exact) mass is 269 g/mol. The standard InChI is InChI=1S/C14H27N3O2/c1-16(2)10-11-4-6-17(7-5-11)14(18)13-8-12(19-3)9-15-13/h11-13,15H,4-10H2,1-3H3. The van der Waals surface area contributed by atoms with E-state index in [2.05, 4.69) is 24.3 Å². The molecule has 0 saturated carbocycles. The maximum Gasteiger partial charge on any atom is 0.239 e. The maximum atomic E-state index is 12.4. The number of nitrogens with one attached hydrogen (secondary N) is 1. The zero-order chi connectivity index (χ0) is 13.8. The first kappa shape index (κ1) is 14.8. The van der Waals surface area contributed by atoms with Crippen LogP contribution in [0.5, 0.6) is 0 Å². The number of methoxy groups -OCH3 is 1. The molecule has 5 heteroatoms. The van der Waals surface area contributed by atoms with E-state index in [0.29, 0.717) is 0 Å². The van der Waals surface area contributed by atoms with Gasteiger partial charge in [-0.1, -0.05) is 0 Å². The highest BCUT2D eigenvalue weighted by Gasteiger charge is 2.33. The molecule has 2 aliphatic rings. The van der Waals surface area contributed by atoms with Gasteiger partial charge in [0.05, 0.1) is 12.1 Å². The smallest absolute Gasteiger partial charge is 0.239 e. The van der Waals surface area contributed by atoms with Crippen molar-refractivity contribution in [3.63, 3.8) is 0 Å². The predicted molar refractivity (Wildman–Crippen MR) is 75.1 cm³/mol. The van der Waals surface area contributed by atoms with Crippen LogP contribution in [0.1, 0.15) is 19.3 Å². The number of carbonyl (C=O) groups excluding carboxylic acids is 1. The summed E-state index contributed by atoms with van der Waals surface area (Å²) in [7, 11) is 5.95. The van der Waals surface area contributed by atoms with Crippen molar-refractivity contribution in [2.45, 2.75) is 31.4 Å². The maximum absolute atomic E-state index is 12.4. The largest absolute Gasteiger partial charge is 0.380 e. The Morgan fingerprint density at radius 3 is 2.58 bits per heavy atom. The van der Waals surface area contributed by atoms with Crippen molar-refractivity contribution in [1.29, 1.82) is 0 Å². The number of likely N-dealkylation sites (tertiary alicyclic amines) is 1. The van der Waals surface area contributed by atoms with Crippen molar-refractivity contribution in [2.24, 2.45) is 5.92 Å². The Bertz CT molecular complexity index is 301. The van der Waals surface area contributed by atoms with Crippen molar-refractivity contribution < 1.29 is 9.53 Å². The van der Waals surface area contributed by atoms with Gasteiger partial charge in [0, 0.05) is 33.3 Å². The van der Waals surface area contributed by atoms with Gasteiger partial charge in [-0.3, -0.25) is 4.79 Å². The van der Waals surface area contributed by atoms with Crippen LogP contribution in [0.25, 0.3) is 0 Å². The average molecular weight is 269 g/mol. The summed E-state index contributed by atoms with van der Waals surface area (Å²) in [5.41, 5.74) is 0. The molecule has 2 saturated heterocycles. The van der Waals surface area contributed by atoms with E-state index in [1.54, 1.807) is 7.11 Å². The molecular formula is C14H27N3O2. The van der Waals surface area contributed by atoms with Crippen molar-refractivity contribution in [1.82, 2.24) is 15.1 Å². The quantitative estimate of drug-likeness (QED) is 0.790. The topological polar surface area (TPSA) is 44.8 Å². The third-order valence-electron chi connectivity index (χ3n) is 4.27. The molecule has 0 aromatic heterocycles. The van der Waals surface area contributed by atoms with Gasteiger partial charge in [-0.25, -0.2) is 0 Å². The van der Waals surface area contributed by atoms with E-state index in [9.17, 15) is 4.79 Å². The SMILES string of the molecule is COC1CNC(C(=O)N2CCC(CN(C)C)CC2)C1. The van der Waals surface area contributed by atoms with Crippen LogP contribution in [0, 0.1) is 5.92 Å². The summed E-state index contributed by atoms with van der Waals surface area (Å²) in [5.74, 6) is 1.00. The number of hydrogen-bond donors (Lipinski definition) is 1. The summed E-state index contributed by atoms with van der Waals surface area (Å²) >= 11 is 0. The minimum Gasteiger partial charge on any atom is -0.380 e. The molecule has 5 nitrogen and oxygen atoms in total. The van der Waals surface area contributed by atoms with Crippen molar-refractivity contribution in [2.75, 3.05) is 47.4 Å². The fourth-order valence-corrected chi connectivity index (χ4v) is 3.14. The molecule has 0 spiro atoms. The zero-order valence-corrected chi connectivity index (χ0v) is 12.4. The van der Waals surface area contributed by atoms with E-state index in [0.717, 1.165) is 51.4 Å². The van der Waals surface area contributed by atoms with Crippen molar-refractivity contribution in [3.8, 4) is 0 Å². The van der Waals surface area contributed by atoms with E-state index >= 15 is 0 Å². The number of piperidine rings is 1. The highest BCUT2D eigenvalue weighted by Crippen LogP contribution is 2.20. The van der Waals surface area contributed by atoms with Crippen LogP contribution in [0.2, 0.25) is 0 Å². The average Bonchev–Trinajstić information content (AvgIpc) is 2.87. The lowest BCUT2D eigenvalue weighted by Gasteiger charge is -2.34. The van der Waals surface area contributed by atoms with Gasteiger partial charge in [-0.2, -0.15) is 0 Å². The molecule has 0 radical (unpaired) electrons. The molecule has 1 amide bonds. The first-order valence-electron chi connectivity index (χ1n) is 7.30. The summed E-state index contributed by atoms with van der Waals surface area (Å²) in [6.45, 7) is 3.75. The fraction of sp³-hybridized carbons (Fsp3) is 0.929. The number of nitrogens with zero attached hydrogens (tertiary/aromatic N) is 2. The summed E-state index contributed by atoms with van der Waals surface area (Å²) < 4.78 is 5.30. The molecule has 2 fully saturated rings. The van der Waals surface area contributed by atoms with E-state index < -0.39 is 0 Å². The summed E-state index contributed by atoms with van der Waals surface area (Å²) in [4.78, 5) is 16.7. The number of ether oxygens (including phenoxy) is 1. The summed E-state index contributed by atoms with van der Waals surface area (Å²) in [6, 6.07) is -0.0321. The minimum absolute atomic E-state index is 0.0321. The molecule has 1 N–H and O–H groups in total. The number of hydrogen-bond acceptors (Lipinski definition) is 4. The Morgan fingerprint density at radius 2 is 2.05 bits per heavy atom. The summed E-state index contributed by atoms with van der Waals surface area (Å²) in [5, 5.41) is 3.27. The van der Waals surface area contributed by atoms with Gasteiger partial charge in [-0.05, 0) is 39.3 Å². The van der Waals surface area contributed by atoms with Gasteiger partial charge < -0.3 is 19.9 Å². The molecule has 2 atom stereocenters. The molecule has 0 aliphatic carbocycles. The van der Waals surface area contributed by atoms with Gasteiger partial charge in [0.25, 0.3) is 0 Å². The van der Waals surface area contributed by atoms with Crippen molar-refractivity contribution >= 4 is 5.91 Å². The molecule has 19 heavy (non-hydrogen) atoms. The molecule has 110 valence electrons. The first-order chi connectivity index (χ1) is 9.10. The van der Waals surface area contributed by atoms with E-state index in [4.69, 9.17) is 4.74 Å². The van der Waals surface area contributed by atoms with Gasteiger partial charge in [0.2, 0.25) is 5.91 Å². The van der Waals surface area contributed by atoms with Crippen LogP contribution in [0.15, 0.2) is 0 Å². The zero-order valence-electron chi connectivity index (χ0n) is 12.4. The molecule has 0 aromatic rings. The lowest BCUT2D eigenvalue weighted by Crippen LogP contribution is -2.47. The Labute approximate surface area is 116 Å². The Kier molecular flexibility index (Phi) is 5.19. The Hall–Kier alpha value is -0.650. The predicted octanol–water partition coefficient (Wildman–Crippen LogP) is 0.164. The molecule has 2 aliphatic heterocycles. The van der Waals surface area contributed by atoms with Crippen LogP contribution < -0.4 is 5.32 Å². The normalized spacial score (nSPS) is 29.2. The Morgan fingerprint density at radius 1 is 1.37 bits per heavy atom. The molecule has 2 unspecified atom stereocenters. The van der Waals surface area contributed by atoms with Crippen LogP contribution in [-0.4, -0.2) is 75.2 Å². The number of carbonyl (C=O) groups is 1. The lowest BCUT2D eigenvalue weighted by atomic mass is 9.96. The highest BCUT2D eigenvalue weighted by atomic mass is 16.5. The van der Waals surface area contributed by atoms with E-state index in [-0.39, 0.29) is 18.1 Å². The van der Waals surface area contributed by atoms with E-state index in [1.807, 2.05) is 4.90 Å². The van der Waals surface area contributed by atoms with Gasteiger partial charge >= 0.3 is 0 Å². The first-order valence-corrected chi connectivity index (χ1v) is 7.30. The van der Waals surface area contributed by atoms with E-state index in [1.165, 1.54) is 0 Å². The van der Waals surface area contributed by atoms with Gasteiger partial charge in [-0.15, -0.1) is 0 Å². The fourth-order valence-electron chi connectivity index (χ4n) is 3.14. The lowest BCUT2D eigenvalue weighted by molar-refractivity contribution is -0.134. The number of amides is 1. The van der Waals surface area contributed by atoms with Crippen LogP contribution in [0.3, 0.4) is 0 Å². The molecule has 2 rings (SSSR count). The van der Waals surface area contributed by atoms with Crippen LogP contribution in [-0.2, 0) is 9.53 Å². The molecule has 0 aromatic carbocycles. The van der Waals surface area contributed by atoms with Gasteiger partial charge in [0.15, 0.2) is 0 Å². The highest BCUT2D eigenvalue weighted by molar-refractivity contribution is 5.82. The van der Waals surface area contributed by atoms with Crippen LogP contribution in [0.4, 0.5) is 0 Å². The second kappa shape index (κ2) is 6.68. The van der Waals surface area contributed by atoms with Crippen LogP contribution >= 0.6 is 0 Å². The number of rotatable bonds is 4. The third kappa shape index (κ3) is 3.91. The minimum atomic E-state index is -0.0321. The second-order valence-corrected chi connectivity index (χ2v) is 6.09. The second-order valence-electron chi connectivity index (χ2n) is 6.09. The van der Waals surface area contributed by atoms with Crippen molar-refractivity contribution in [3.05, 3.63) is 0 Å². The summed E-state index contributed by atoms with van der Waals surface area (Å²) in [6.07, 6.45) is 3.27. The Balaban J connectivity index is 1.76. The third-order valence-corrected chi connectivity index (χ3v) is 4.27. The molecule has 2 heterocycles. The molecule has 0 bridgehead atoms. The molecular weight excluding hydrogens is 242 g/mol.